The highest BCUT2D eigenvalue weighted by Gasteiger charge is 2.23. The minimum atomic E-state index is -3.83. The highest BCUT2D eigenvalue weighted by atomic mass is 32.2. The fraction of sp³-hybridized carbons (Fsp3) is 0.350. The van der Waals surface area contributed by atoms with E-state index >= 15 is 0 Å². The average Bonchev–Trinajstić information content (AvgIpc) is 2.72. The molecule has 0 unspecified atom stereocenters. The number of carbonyl (C=O) groups excluding carboxylic acids is 1. The predicted octanol–water partition coefficient (Wildman–Crippen LogP) is 2.29. The molecule has 29 heavy (non-hydrogen) atoms. The largest absolute Gasteiger partial charge is 0.493 e. The molecule has 0 spiro atoms. The highest BCUT2D eigenvalue weighted by molar-refractivity contribution is 7.92. The molecule has 1 atom stereocenters. The van der Waals surface area contributed by atoms with E-state index in [4.69, 9.17) is 14.2 Å². The molecule has 2 aromatic rings. The summed E-state index contributed by atoms with van der Waals surface area (Å²) < 4.78 is 42.4. The Morgan fingerprint density at radius 2 is 1.66 bits per heavy atom. The van der Waals surface area contributed by atoms with Crippen LogP contribution in [0.1, 0.15) is 17.3 Å². The minimum absolute atomic E-state index is 0.0628. The van der Waals surface area contributed by atoms with Gasteiger partial charge in [0, 0.05) is 31.8 Å². The van der Waals surface area contributed by atoms with E-state index in [9.17, 15) is 13.2 Å². The number of methoxy groups -OCH3 is 3. The maximum atomic E-state index is 13.0. The number of hydrogen-bond acceptors (Lipinski definition) is 6. The molecule has 0 aliphatic rings. The van der Waals surface area contributed by atoms with Crippen LogP contribution in [0.5, 0.6) is 11.5 Å². The lowest BCUT2D eigenvalue weighted by molar-refractivity contribution is 0.0905. The maximum absolute atomic E-state index is 13.0. The predicted molar refractivity (Wildman–Crippen MR) is 110 cm³/mol. The SMILES string of the molecule is COC[C@@H](C)NC(=O)c1ccc(N(C)S(=O)(=O)c2ccc(OC)c(OC)c2)cc1. The summed E-state index contributed by atoms with van der Waals surface area (Å²) in [5.74, 6) is 0.498. The number of hydrogen-bond donors (Lipinski definition) is 1. The van der Waals surface area contributed by atoms with Crippen LogP contribution < -0.4 is 19.1 Å². The number of benzene rings is 2. The Morgan fingerprint density at radius 1 is 1.03 bits per heavy atom. The van der Waals surface area contributed by atoms with Crippen LogP contribution in [0.25, 0.3) is 0 Å². The molecule has 1 N–H and O–H groups in total. The van der Waals surface area contributed by atoms with Gasteiger partial charge in [0.25, 0.3) is 15.9 Å². The molecule has 0 aliphatic heterocycles. The summed E-state index contributed by atoms with van der Waals surface area (Å²) >= 11 is 0. The fourth-order valence-corrected chi connectivity index (χ4v) is 3.91. The molecule has 1 amide bonds. The molecule has 0 saturated heterocycles. The molecule has 158 valence electrons. The molecule has 0 bridgehead atoms. The van der Waals surface area contributed by atoms with E-state index in [1.165, 1.54) is 39.5 Å². The van der Waals surface area contributed by atoms with Gasteiger partial charge in [0.05, 0.1) is 31.4 Å². The number of sulfonamides is 1. The number of nitrogens with one attached hydrogen (secondary N) is 1. The molecule has 0 aromatic heterocycles. The topological polar surface area (TPSA) is 94.2 Å². The average molecular weight is 423 g/mol. The third-order valence-electron chi connectivity index (χ3n) is 4.30. The second-order valence-corrected chi connectivity index (χ2v) is 8.34. The van der Waals surface area contributed by atoms with E-state index in [2.05, 4.69) is 5.32 Å². The lowest BCUT2D eigenvalue weighted by Gasteiger charge is -2.20. The van der Waals surface area contributed by atoms with Crippen molar-refractivity contribution in [3.63, 3.8) is 0 Å². The lowest BCUT2D eigenvalue weighted by Crippen LogP contribution is -2.35. The van der Waals surface area contributed by atoms with Crippen LogP contribution in [0.15, 0.2) is 47.4 Å². The van der Waals surface area contributed by atoms with E-state index in [1.54, 1.807) is 31.4 Å². The molecule has 0 heterocycles. The number of carbonyl (C=O) groups is 1. The van der Waals surface area contributed by atoms with Crippen molar-refractivity contribution in [3.8, 4) is 11.5 Å². The van der Waals surface area contributed by atoms with Crippen molar-refractivity contribution in [2.45, 2.75) is 17.9 Å². The van der Waals surface area contributed by atoms with Gasteiger partial charge in [0.1, 0.15) is 0 Å². The Balaban J connectivity index is 2.23. The quantitative estimate of drug-likeness (QED) is 0.666. The zero-order chi connectivity index (χ0) is 21.6. The molecule has 0 aliphatic carbocycles. The summed E-state index contributed by atoms with van der Waals surface area (Å²) in [6, 6.07) is 10.6. The van der Waals surface area contributed by atoms with Crippen LogP contribution in [0.3, 0.4) is 0 Å². The van der Waals surface area contributed by atoms with Gasteiger partial charge in [0.2, 0.25) is 0 Å². The van der Waals surface area contributed by atoms with Crippen molar-refractivity contribution >= 4 is 21.6 Å². The monoisotopic (exact) mass is 422 g/mol. The second kappa shape index (κ2) is 9.62. The summed E-state index contributed by atoms with van der Waals surface area (Å²) in [5.41, 5.74) is 0.842. The summed E-state index contributed by atoms with van der Waals surface area (Å²) in [6.45, 7) is 2.23. The molecular formula is C20H26N2O6S. The first-order valence-corrected chi connectivity index (χ1v) is 10.3. The first kappa shape index (κ1) is 22.5. The summed E-state index contributed by atoms with van der Waals surface area (Å²) in [7, 11) is 2.10. The summed E-state index contributed by atoms with van der Waals surface area (Å²) in [6.07, 6.45) is 0. The third-order valence-corrected chi connectivity index (χ3v) is 6.08. The number of amides is 1. The molecule has 2 rings (SSSR count). The van der Waals surface area contributed by atoms with Gasteiger partial charge < -0.3 is 19.5 Å². The summed E-state index contributed by atoms with van der Waals surface area (Å²) in [4.78, 5) is 12.3. The Bertz CT molecular complexity index is 944. The normalized spacial score (nSPS) is 12.2. The van der Waals surface area contributed by atoms with E-state index in [0.717, 1.165) is 4.31 Å². The van der Waals surface area contributed by atoms with E-state index in [-0.39, 0.29) is 16.8 Å². The van der Waals surface area contributed by atoms with Crippen LogP contribution in [0.4, 0.5) is 5.69 Å². The molecule has 2 aromatic carbocycles. The molecular weight excluding hydrogens is 396 g/mol. The van der Waals surface area contributed by atoms with Gasteiger partial charge in [0.15, 0.2) is 11.5 Å². The minimum Gasteiger partial charge on any atom is -0.493 e. The van der Waals surface area contributed by atoms with Gasteiger partial charge in [-0.05, 0) is 43.3 Å². The standard InChI is InChI=1S/C20H26N2O6S/c1-14(13-26-3)21-20(23)15-6-8-16(9-7-15)22(2)29(24,25)17-10-11-18(27-4)19(12-17)28-5/h6-12,14H,13H2,1-5H3,(H,21,23)/t14-/m1/s1. The maximum Gasteiger partial charge on any atom is 0.264 e. The van der Waals surface area contributed by atoms with Crippen molar-refractivity contribution in [1.29, 1.82) is 0 Å². The molecule has 8 nitrogen and oxygen atoms in total. The molecule has 9 heteroatoms. The van der Waals surface area contributed by atoms with Crippen LogP contribution in [0.2, 0.25) is 0 Å². The van der Waals surface area contributed by atoms with E-state index in [1.807, 2.05) is 6.92 Å². The van der Waals surface area contributed by atoms with Crippen molar-refractivity contribution in [2.24, 2.45) is 0 Å². The molecule has 0 radical (unpaired) electrons. The fourth-order valence-electron chi connectivity index (χ4n) is 2.70. The van der Waals surface area contributed by atoms with Crippen LogP contribution in [-0.4, -0.2) is 55.4 Å². The first-order chi connectivity index (χ1) is 13.7. The van der Waals surface area contributed by atoms with Gasteiger partial charge >= 0.3 is 0 Å². The van der Waals surface area contributed by atoms with Crippen molar-refractivity contribution in [3.05, 3.63) is 48.0 Å². The number of ether oxygens (including phenoxy) is 3. The Hall–Kier alpha value is -2.78. The van der Waals surface area contributed by atoms with E-state index in [0.29, 0.717) is 29.4 Å². The van der Waals surface area contributed by atoms with Crippen LogP contribution in [0, 0.1) is 0 Å². The number of rotatable bonds is 9. The number of nitrogens with zero attached hydrogens (tertiary/aromatic N) is 1. The van der Waals surface area contributed by atoms with Gasteiger partial charge in [-0.3, -0.25) is 9.10 Å². The van der Waals surface area contributed by atoms with Crippen molar-refractivity contribution in [2.75, 3.05) is 39.3 Å². The molecule has 0 saturated carbocycles. The van der Waals surface area contributed by atoms with Gasteiger partial charge in [-0.25, -0.2) is 8.42 Å². The second-order valence-electron chi connectivity index (χ2n) is 6.37. The first-order valence-electron chi connectivity index (χ1n) is 8.85. The smallest absolute Gasteiger partial charge is 0.264 e. The molecule has 0 fully saturated rings. The van der Waals surface area contributed by atoms with Gasteiger partial charge in [-0.1, -0.05) is 0 Å². The van der Waals surface area contributed by atoms with Crippen LogP contribution in [-0.2, 0) is 14.8 Å². The third kappa shape index (κ3) is 5.18. The summed E-state index contributed by atoms with van der Waals surface area (Å²) in [5, 5.41) is 2.80. The zero-order valence-electron chi connectivity index (χ0n) is 17.1. The van der Waals surface area contributed by atoms with Crippen LogP contribution >= 0.6 is 0 Å². The Kier molecular flexibility index (Phi) is 7.46. The van der Waals surface area contributed by atoms with Gasteiger partial charge in [-0.2, -0.15) is 0 Å². The van der Waals surface area contributed by atoms with Gasteiger partial charge in [-0.15, -0.1) is 0 Å². The Morgan fingerprint density at radius 3 is 2.21 bits per heavy atom. The lowest BCUT2D eigenvalue weighted by atomic mass is 10.2. The zero-order valence-corrected chi connectivity index (χ0v) is 17.9. The van der Waals surface area contributed by atoms with Crippen molar-refractivity contribution < 1.29 is 27.4 Å². The van der Waals surface area contributed by atoms with Crippen molar-refractivity contribution in [1.82, 2.24) is 5.32 Å². The Labute approximate surface area is 171 Å². The highest BCUT2D eigenvalue weighted by Crippen LogP contribution is 2.31. The number of anilines is 1. The van der Waals surface area contributed by atoms with E-state index < -0.39 is 10.0 Å².